The molecule has 3 fully saturated rings. The second-order valence-electron chi connectivity index (χ2n) is 11.6. The van der Waals surface area contributed by atoms with Gasteiger partial charge in [-0.15, -0.1) is 0 Å². The van der Waals surface area contributed by atoms with Crippen molar-refractivity contribution < 1.29 is 31.8 Å². The lowest BCUT2D eigenvalue weighted by Gasteiger charge is -2.64. The van der Waals surface area contributed by atoms with E-state index in [1.54, 1.807) is 6.07 Å². The largest absolute Gasteiger partial charge is 0.504 e. The van der Waals surface area contributed by atoms with Crippen LogP contribution in [0.1, 0.15) is 43.2 Å². The number of rotatable bonds is 3. The van der Waals surface area contributed by atoms with E-state index >= 15 is 0 Å². The predicted octanol–water partition coefficient (Wildman–Crippen LogP) is 1.72. The van der Waals surface area contributed by atoms with Crippen LogP contribution in [0.25, 0.3) is 0 Å². The first-order valence-electron chi connectivity index (χ1n) is 13.0. The Morgan fingerprint density at radius 1 is 0.973 bits per heavy atom. The number of aromatic hydroxyl groups is 1. The molecule has 196 valence electrons. The minimum atomic E-state index is -4.36. The molecular formula is C26H28N2O7S2. The zero-order valence-electron chi connectivity index (χ0n) is 20.1. The number of aliphatic hydroxyl groups is 1. The van der Waals surface area contributed by atoms with E-state index in [1.807, 2.05) is 6.07 Å². The van der Waals surface area contributed by atoms with Gasteiger partial charge < -0.3 is 14.9 Å². The number of phenolic OH excluding ortho intramolecular Hbond substituents is 1. The molecule has 2 N–H and O–H groups in total. The molecule has 37 heavy (non-hydrogen) atoms. The molecule has 2 aromatic carbocycles. The third kappa shape index (κ3) is 2.55. The normalized spacial score (nSPS) is 38.6. The fourth-order valence-corrected chi connectivity index (χ4v) is 13.1. The first kappa shape index (κ1) is 22.8. The average Bonchev–Trinajstić information content (AvgIpc) is 3.57. The third-order valence-electron chi connectivity index (χ3n) is 9.88. The van der Waals surface area contributed by atoms with E-state index in [-0.39, 0.29) is 40.2 Å². The third-order valence-corrected chi connectivity index (χ3v) is 14.5. The topological polar surface area (TPSA) is 124 Å². The molecular weight excluding hydrogens is 516 g/mol. The summed E-state index contributed by atoms with van der Waals surface area (Å²) in [6.45, 7) is 1.62. The predicted molar refractivity (Wildman–Crippen MR) is 131 cm³/mol. The molecule has 1 spiro atoms. The molecule has 0 radical (unpaired) electrons. The van der Waals surface area contributed by atoms with Crippen LogP contribution in [0, 0.1) is 5.92 Å². The van der Waals surface area contributed by atoms with Crippen molar-refractivity contribution in [2.75, 3.05) is 13.1 Å². The molecule has 5 atom stereocenters. The van der Waals surface area contributed by atoms with Crippen molar-refractivity contribution in [3.05, 3.63) is 47.5 Å². The second kappa shape index (κ2) is 6.87. The number of piperidine rings is 1. The van der Waals surface area contributed by atoms with Gasteiger partial charge in [0.25, 0.3) is 20.0 Å². The summed E-state index contributed by atoms with van der Waals surface area (Å²) in [5, 5.41) is 23.4. The van der Waals surface area contributed by atoms with Gasteiger partial charge in [-0.25, -0.2) is 16.8 Å². The molecule has 0 aromatic heterocycles. The Labute approximate surface area is 215 Å². The minimum Gasteiger partial charge on any atom is -0.504 e. The zero-order valence-corrected chi connectivity index (χ0v) is 21.7. The SMILES string of the molecule is O=S1(=O)c2ccccc2S(=O)(=O)N1[C@@H]1CCC2(O)[C@H]3Cc4ccc(O)c5c4[C@@]2(CCN3CC2CC2)[C@H]1O5. The fraction of sp³-hybridized carbons (Fsp3) is 0.538. The Morgan fingerprint density at radius 3 is 2.35 bits per heavy atom. The molecule has 9 nitrogen and oxygen atoms in total. The lowest BCUT2D eigenvalue weighted by atomic mass is 9.48. The van der Waals surface area contributed by atoms with Crippen LogP contribution >= 0.6 is 0 Å². The van der Waals surface area contributed by atoms with Crippen LogP contribution in [-0.2, 0) is 31.9 Å². The van der Waals surface area contributed by atoms with Crippen LogP contribution in [0.5, 0.6) is 11.5 Å². The van der Waals surface area contributed by atoms with E-state index in [4.69, 9.17) is 4.74 Å². The highest BCUT2D eigenvalue weighted by Gasteiger charge is 2.75. The standard InChI is InChI=1S/C26H28N2O7S2/c29-18-8-7-16-13-21-26(30)10-9-17(28-36(31,32)19-3-1-2-4-20(19)37(28,33)34)24-25(26,22(16)23(18)35-24)11-12-27(21)14-15-5-6-15/h1-4,7-8,15,17,21,24,29-30H,5-6,9-14H2/t17-,21-,24+,25+,26?/m1/s1. The van der Waals surface area contributed by atoms with Crippen molar-refractivity contribution in [3.8, 4) is 11.5 Å². The van der Waals surface area contributed by atoms with Gasteiger partial charge in [0.1, 0.15) is 15.9 Å². The second-order valence-corrected chi connectivity index (χ2v) is 15.4. The van der Waals surface area contributed by atoms with E-state index in [1.165, 1.54) is 37.1 Å². The van der Waals surface area contributed by atoms with Crippen LogP contribution in [0.3, 0.4) is 0 Å². The van der Waals surface area contributed by atoms with E-state index < -0.39 is 43.2 Å². The summed E-state index contributed by atoms with van der Waals surface area (Å²) in [4.78, 5) is 1.93. The van der Waals surface area contributed by atoms with Gasteiger partial charge in [0, 0.05) is 18.2 Å². The molecule has 3 heterocycles. The Balaban J connectivity index is 1.32. The average molecular weight is 545 g/mol. The number of fused-ring (bicyclic) bond motifs is 1. The van der Waals surface area contributed by atoms with Gasteiger partial charge in [-0.2, -0.15) is 0 Å². The monoisotopic (exact) mass is 544 g/mol. The lowest BCUT2D eigenvalue weighted by Crippen LogP contribution is -2.78. The smallest absolute Gasteiger partial charge is 0.258 e. The summed E-state index contributed by atoms with van der Waals surface area (Å²) >= 11 is 0. The highest BCUT2D eigenvalue weighted by molar-refractivity contribution is 8.06. The summed E-state index contributed by atoms with van der Waals surface area (Å²) in [5.74, 6) is 0.825. The highest BCUT2D eigenvalue weighted by Crippen LogP contribution is 2.66. The van der Waals surface area contributed by atoms with E-state index in [2.05, 4.69) is 4.90 Å². The van der Waals surface area contributed by atoms with Gasteiger partial charge in [0.15, 0.2) is 11.5 Å². The first-order chi connectivity index (χ1) is 17.6. The molecule has 2 saturated carbocycles. The highest BCUT2D eigenvalue weighted by atomic mass is 32.3. The van der Waals surface area contributed by atoms with Crippen molar-refractivity contribution >= 4 is 20.0 Å². The van der Waals surface area contributed by atoms with Crippen molar-refractivity contribution in [1.82, 2.24) is 8.61 Å². The number of hydrogen-bond donors (Lipinski definition) is 2. The molecule has 1 saturated heterocycles. The molecule has 8 rings (SSSR count). The van der Waals surface area contributed by atoms with Gasteiger partial charge in [0.2, 0.25) is 0 Å². The summed E-state index contributed by atoms with van der Waals surface area (Å²) in [5.41, 5.74) is -0.532. The van der Waals surface area contributed by atoms with Crippen molar-refractivity contribution in [3.63, 3.8) is 0 Å². The Kier molecular flexibility index (Phi) is 4.23. The maximum atomic E-state index is 13.7. The molecule has 0 amide bonds. The Bertz CT molecular complexity index is 1530. The number of likely N-dealkylation sites (tertiary alicyclic amines) is 1. The number of sulfonamides is 2. The molecule has 6 aliphatic rings. The zero-order chi connectivity index (χ0) is 25.5. The molecule has 2 aromatic rings. The summed E-state index contributed by atoms with van der Waals surface area (Å²) in [6.07, 6.45) is 2.93. The first-order valence-corrected chi connectivity index (χ1v) is 15.9. The number of nitrogens with zero attached hydrogens (tertiary/aromatic N) is 2. The van der Waals surface area contributed by atoms with Crippen LogP contribution in [0.2, 0.25) is 0 Å². The molecule has 3 aliphatic carbocycles. The van der Waals surface area contributed by atoms with E-state index in [0.717, 1.165) is 17.7 Å². The molecule has 11 heteroatoms. The van der Waals surface area contributed by atoms with Crippen molar-refractivity contribution in [1.29, 1.82) is 0 Å². The summed E-state index contributed by atoms with van der Waals surface area (Å²) in [6, 6.07) is 7.90. The number of benzene rings is 2. The number of phenols is 1. The van der Waals surface area contributed by atoms with Gasteiger partial charge in [-0.1, -0.05) is 21.9 Å². The quantitative estimate of drug-likeness (QED) is 0.599. The Hall–Kier alpha value is -2.18. The lowest BCUT2D eigenvalue weighted by molar-refractivity contribution is -0.193. The van der Waals surface area contributed by atoms with Crippen LogP contribution in [0.4, 0.5) is 0 Å². The summed E-state index contributed by atoms with van der Waals surface area (Å²) in [7, 11) is -8.71. The van der Waals surface area contributed by atoms with Crippen molar-refractivity contribution in [2.24, 2.45) is 5.92 Å². The van der Waals surface area contributed by atoms with Gasteiger partial charge in [0.05, 0.1) is 17.1 Å². The Morgan fingerprint density at radius 2 is 1.68 bits per heavy atom. The maximum Gasteiger partial charge on any atom is 0.258 e. The molecule has 2 bridgehead atoms. The molecule has 3 aliphatic heterocycles. The molecule has 1 unspecified atom stereocenters. The van der Waals surface area contributed by atoms with E-state index in [0.29, 0.717) is 29.0 Å². The van der Waals surface area contributed by atoms with E-state index in [9.17, 15) is 27.0 Å². The van der Waals surface area contributed by atoms with Gasteiger partial charge in [-0.3, -0.25) is 4.90 Å². The van der Waals surface area contributed by atoms with Gasteiger partial charge in [-0.05, 0) is 74.8 Å². The maximum absolute atomic E-state index is 13.7. The fourth-order valence-electron chi connectivity index (χ4n) is 8.23. The number of hydrogen-bond acceptors (Lipinski definition) is 8. The van der Waals surface area contributed by atoms with Crippen molar-refractivity contribution in [2.45, 2.75) is 77.5 Å². The summed E-state index contributed by atoms with van der Waals surface area (Å²) < 4.78 is 61.8. The van der Waals surface area contributed by atoms with Crippen LogP contribution < -0.4 is 4.74 Å². The number of ether oxygens (including phenoxy) is 1. The van der Waals surface area contributed by atoms with Crippen LogP contribution in [-0.4, -0.2) is 72.5 Å². The van der Waals surface area contributed by atoms with Crippen LogP contribution in [0.15, 0.2) is 46.2 Å². The van der Waals surface area contributed by atoms with Gasteiger partial charge >= 0.3 is 0 Å². The minimum absolute atomic E-state index is 0.0714.